The van der Waals surface area contributed by atoms with Crippen LogP contribution in [0.2, 0.25) is 5.02 Å². The van der Waals surface area contributed by atoms with Gasteiger partial charge in [0.1, 0.15) is 4.90 Å². The number of nitrogens with zero attached hydrogens (tertiary/aromatic N) is 1. The Balaban J connectivity index is 3.24. The summed E-state index contributed by atoms with van der Waals surface area (Å²) in [6, 6.07) is 4.71. The molecule has 0 saturated heterocycles. The van der Waals surface area contributed by atoms with E-state index in [9.17, 15) is 8.42 Å². The molecule has 0 radical (unpaired) electrons. The molecular weight excluding hydrogens is 326 g/mol. The largest absolute Gasteiger partial charge is 0.244 e. The van der Waals surface area contributed by atoms with Crippen molar-refractivity contribution >= 4 is 37.6 Å². The molecule has 1 aromatic carbocycles. The highest BCUT2D eigenvalue weighted by molar-refractivity contribution is 9.10. The average Bonchev–Trinajstić information content (AvgIpc) is 2.24. The van der Waals surface area contributed by atoms with Crippen molar-refractivity contribution in [3.63, 3.8) is 0 Å². The van der Waals surface area contributed by atoms with Crippen molar-refractivity contribution in [2.75, 3.05) is 13.1 Å². The minimum absolute atomic E-state index is 0.117. The minimum Gasteiger partial charge on any atom is -0.207 e. The van der Waals surface area contributed by atoms with E-state index in [1.807, 2.05) is 0 Å². The van der Waals surface area contributed by atoms with E-state index < -0.39 is 10.0 Å². The van der Waals surface area contributed by atoms with Gasteiger partial charge in [0.2, 0.25) is 10.0 Å². The lowest BCUT2D eigenvalue weighted by molar-refractivity contribution is 0.460. The zero-order valence-electron chi connectivity index (χ0n) is 9.36. The van der Waals surface area contributed by atoms with Gasteiger partial charge in [-0.25, -0.2) is 8.42 Å². The molecule has 0 N–H and O–H groups in total. The quantitative estimate of drug-likeness (QED) is 0.773. The van der Waals surface area contributed by atoms with Gasteiger partial charge in [-0.2, -0.15) is 4.31 Å². The maximum atomic E-state index is 12.3. The molecule has 17 heavy (non-hydrogen) atoms. The molecule has 0 aliphatic heterocycles. The minimum atomic E-state index is -3.55. The predicted molar refractivity (Wildman–Crippen MR) is 73.8 cm³/mol. The monoisotopic (exact) mass is 337 g/mol. The van der Waals surface area contributed by atoms with E-state index in [-0.39, 0.29) is 16.5 Å². The Bertz CT molecular complexity index is 516. The molecule has 6 heteroatoms. The molecule has 0 heterocycles. The number of benzene rings is 1. The van der Waals surface area contributed by atoms with Crippen molar-refractivity contribution in [2.24, 2.45) is 0 Å². The van der Waals surface area contributed by atoms with E-state index >= 15 is 0 Å². The first-order valence-corrected chi connectivity index (χ1v) is 7.60. The lowest BCUT2D eigenvalue weighted by Gasteiger charge is -2.19. The van der Waals surface area contributed by atoms with Gasteiger partial charge in [-0.15, -0.1) is 6.58 Å². The van der Waals surface area contributed by atoms with Gasteiger partial charge in [-0.1, -0.05) is 40.5 Å². The lowest BCUT2D eigenvalue weighted by Crippen LogP contribution is -2.31. The van der Waals surface area contributed by atoms with Gasteiger partial charge in [-0.3, -0.25) is 0 Å². The smallest absolute Gasteiger partial charge is 0.207 e. The summed E-state index contributed by atoms with van der Waals surface area (Å²) >= 11 is 9.19. The van der Waals surface area contributed by atoms with Crippen LogP contribution in [-0.4, -0.2) is 25.8 Å². The number of halogens is 2. The molecular formula is C11H13BrClNO2S. The van der Waals surface area contributed by atoms with Crippen LogP contribution in [0.25, 0.3) is 0 Å². The Kier molecular flexibility index (Phi) is 5.19. The van der Waals surface area contributed by atoms with E-state index in [2.05, 4.69) is 22.5 Å². The molecule has 0 bridgehead atoms. The highest BCUT2D eigenvalue weighted by Gasteiger charge is 2.24. The summed E-state index contributed by atoms with van der Waals surface area (Å²) in [5.41, 5.74) is 0. The third-order valence-corrected chi connectivity index (χ3v) is 5.11. The Morgan fingerprint density at radius 1 is 1.53 bits per heavy atom. The van der Waals surface area contributed by atoms with Crippen LogP contribution in [0.15, 0.2) is 40.2 Å². The van der Waals surface area contributed by atoms with Crippen LogP contribution in [-0.2, 0) is 10.0 Å². The van der Waals surface area contributed by atoms with E-state index in [0.717, 1.165) is 4.47 Å². The Morgan fingerprint density at radius 2 is 2.18 bits per heavy atom. The summed E-state index contributed by atoms with van der Waals surface area (Å²) in [6.45, 7) is 5.96. The second-order valence-corrected chi connectivity index (χ2v) is 6.55. The van der Waals surface area contributed by atoms with Crippen LogP contribution < -0.4 is 0 Å². The number of hydrogen-bond acceptors (Lipinski definition) is 2. The Hall–Kier alpha value is -0.360. The third kappa shape index (κ3) is 3.31. The summed E-state index contributed by atoms with van der Waals surface area (Å²) in [5, 5.41) is 0.210. The van der Waals surface area contributed by atoms with Crippen LogP contribution in [0.1, 0.15) is 6.92 Å². The highest BCUT2D eigenvalue weighted by Crippen LogP contribution is 2.27. The lowest BCUT2D eigenvalue weighted by atomic mass is 10.4. The van der Waals surface area contributed by atoms with Crippen molar-refractivity contribution in [2.45, 2.75) is 11.8 Å². The number of rotatable bonds is 5. The van der Waals surface area contributed by atoms with E-state index in [0.29, 0.717) is 6.54 Å². The summed E-state index contributed by atoms with van der Waals surface area (Å²) in [7, 11) is -3.55. The molecule has 94 valence electrons. The third-order valence-electron chi connectivity index (χ3n) is 2.20. The molecule has 0 aliphatic rings. The first kappa shape index (κ1) is 14.7. The molecule has 0 aliphatic carbocycles. The topological polar surface area (TPSA) is 37.4 Å². The van der Waals surface area contributed by atoms with Crippen LogP contribution in [0.5, 0.6) is 0 Å². The maximum Gasteiger partial charge on any atom is 0.244 e. The fourth-order valence-electron chi connectivity index (χ4n) is 1.36. The number of likely N-dealkylation sites (N-methyl/N-ethyl adjacent to an activating group) is 1. The van der Waals surface area contributed by atoms with Gasteiger partial charge in [0.25, 0.3) is 0 Å². The Morgan fingerprint density at radius 3 is 2.65 bits per heavy atom. The maximum absolute atomic E-state index is 12.3. The van der Waals surface area contributed by atoms with E-state index in [1.54, 1.807) is 25.1 Å². The van der Waals surface area contributed by atoms with Gasteiger partial charge < -0.3 is 0 Å². The summed E-state index contributed by atoms with van der Waals surface area (Å²) in [5.74, 6) is 0. The highest BCUT2D eigenvalue weighted by atomic mass is 79.9. The van der Waals surface area contributed by atoms with Gasteiger partial charge in [0.05, 0.1) is 5.02 Å². The first-order valence-electron chi connectivity index (χ1n) is 4.99. The second kappa shape index (κ2) is 6.00. The second-order valence-electron chi connectivity index (χ2n) is 3.32. The van der Waals surface area contributed by atoms with Crippen LogP contribution in [0.4, 0.5) is 0 Å². The average molecular weight is 339 g/mol. The zero-order chi connectivity index (χ0) is 13.1. The molecule has 0 atom stereocenters. The van der Waals surface area contributed by atoms with Gasteiger partial charge in [0.15, 0.2) is 0 Å². The molecule has 3 nitrogen and oxygen atoms in total. The first-order chi connectivity index (χ1) is 7.93. The van der Waals surface area contributed by atoms with Crippen LogP contribution in [0.3, 0.4) is 0 Å². The zero-order valence-corrected chi connectivity index (χ0v) is 12.5. The fraction of sp³-hybridized carbons (Fsp3) is 0.273. The normalized spacial score (nSPS) is 11.8. The van der Waals surface area contributed by atoms with Gasteiger partial charge in [-0.05, 0) is 18.2 Å². The molecule has 0 saturated carbocycles. The standard InChI is InChI=1S/C11H13BrClNO2S/c1-3-7-14(4-2)17(15,16)11-6-5-9(12)8-10(11)13/h3,5-6,8H,1,4,7H2,2H3. The molecule has 0 unspecified atom stereocenters. The molecule has 0 amide bonds. The van der Waals surface area contributed by atoms with Gasteiger partial charge >= 0.3 is 0 Å². The van der Waals surface area contributed by atoms with Crippen molar-refractivity contribution in [1.82, 2.24) is 4.31 Å². The summed E-state index contributed by atoms with van der Waals surface area (Å²) in [4.78, 5) is 0.117. The van der Waals surface area contributed by atoms with Crippen molar-refractivity contribution in [3.05, 3.63) is 40.3 Å². The van der Waals surface area contributed by atoms with E-state index in [4.69, 9.17) is 11.6 Å². The van der Waals surface area contributed by atoms with Crippen LogP contribution >= 0.6 is 27.5 Å². The number of sulfonamides is 1. The fourth-order valence-corrected chi connectivity index (χ4v) is 3.80. The predicted octanol–water partition coefficient (Wildman–Crippen LogP) is 3.30. The summed E-state index contributed by atoms with van der Waals surface area (Å²) in [6.07, 6.45) is 1.55. The molecule has 0 spiro atoms. The van der Waals surface area contributed by atoms with Gasteiger partial charge in [0, 0.05) is 17.6 Å². The van der Waals surface area contributed by atoms with Crippen molar-refractivity contribution < 1.29 is 8.42 Å². The Labute approximate surface area is 115 Å². The SMILES string of the molecule is C=CCN(CC)S(=O)(=O)c1ccc(Br)cc1Cl. The molecule has 0 fully saturated rings. The summed E-state index contributed by atoms with van der Waals surface area (Å²) < 4.78 is 26.6. The van der Waals surface area contributed by atoms with E-state index in [1.165, 1.54) is 10.4 Å². The molecule has 1 rings (SSSR count). The van der Waals surface area contributed by atoms with Crippen molar-refractivity contribution in [3.8, 4) is 0 Å². The molecule has 0 aromatic heterocycles. The van der Waals surface area contributed by atoms with Crippen LogP contribution in [0, 0.1) is 0 Å². The number of hydrogen-bond donors (Lipinski definition) is 0. The molecule has 1 aromatic rings. The van der Waals surface area contributed by atoms with Crippen molar-refractivity contribution in [1.29, 1.82) is 0 Å².